The van der Waals surface area contributed by atoms with Crippen LogP contribution < -0.4 is 11.1 Å². The molecule has 3 nitrogen and oxygen atoms in total. The van der Waals surface area contributed by atoms with E-state index in [-0.39, 0.29) is 23.7 Å². The Hall–Kier alpha value is -1.42. The Labute approximate surface area is 108 Å². The summed E-state index contributed by atoms with van der Waals surface area (Å²) < 4.78 is 12.7. The highest BCUT2D eigenvalue weighted by Gasteiger charge is 2.18. The molecule has 0 heterocycles. The van der Waals surface area contributed by atoms with E-state index in [1.54, 1.807) is 12.1 Å². The molecule has 1 rings (SSSR count). The van der Waals surface area contributed by atoms with E-state index in [1.807, 2.05) is 20.8 Å². The number of halogens is 1. The molecule has 0 aromatic heterocycles. The topological polar surface area (TPSA) is 55.1 Å². The zero-order valence-corrected chi connectivity index (χ0v) is 11.1. The molecule has 0 spiro atoms. The quantitative estimate of drug-likeness (QED) is 0.840. The molecule has 4 heteroatoms. The lowest BCUT2D eigenvalue weighted by Crippen LogP contribution is -2.47. The first-order valence-electron chi connectivity index (χ1n) is 6.20. The first-order valence-corrected chi connectivity index (χ1v) is 6.20. The van der Waals surface area contributed by atoms with E-state index in [1.165, 1.54) is 12.1 Å². The van der Waals surface area contributed by atoms with Crippen LogP contribution in [-0.4, -0.2) is 18.0 Å². The fourth-order valence-electron chi connectivity index (χ4n) is 1.67. The van der Waals surface area contributed by atoms with Gasteiger partial charge in [0.2, 0.25) is 5.91 Å². The molecule has 2 atom stereocenters. The molecule has 1 amide bonds. The lowest BCUT2D eigenvalue weighted by atomic mass is 10.0. The van der Waals surface area contributed by atoms with Crippen molar-refractivity contribution in [1.29, 1.82) is 0 Å². The Morgan fingerprint density at radius 3 is 2.33 bits per heavy atom. The van der Waals surface area contributed by atoms with Crippen LogP contribution in [0.5, 0.6) is 0 Å². The molecule has 0 saturated heterocycles. The van der Waals surface area contributed by atoms with Crippen molar-refractivity contribution >= 4 is 5.91 Å². The first-order chi connectivity index (χ1) is 8.40. The summed E-state index contributed by atoms with van der Waals surface area (Å²) in [5.74, 6) is -0.278. The van der Waals surface area contributed by atoms with Crippen LogP contribution in [0.4, 0.5) is 4.39 Å². The number of benzene rings is 1. The lowest BCUT2D eigenvalue weighted by molar-refractivity contribution is -0.123. The van der Waals surface area contributed by atoms with Crippen LogP contribution in [0.2, 0.25) is 0 Å². The van der Waals surface area contributed by atoms with Gasteiger partial charge in [0.15, 0.2) is 0 Å². The van der Waals surface area contributed by atoms with Crippen LogP contribution >= 0.6 is 0 Å². The van der Waals surface area contributed by atoms with Crippen molar-refractivity contribution in [2.24, 2.45) is 11.7 Å². The van der Waals surface area contributed by atoms with Gasteiger partial charge in [0.1, 0.15) is 5.82 Å². The molecule has 0 aliphatic rings. The monoisotopic (exact) mass is 252 g/mol. The molecule has 3 N–H and O–H groups in total. The van der Waals surface area contributed by atoms with Crippen LogP contribution in [0, 0.1) is 11.7 Å². The number of carbonyl (C=O) groups excluding carboxylic acids is 1. The van der Waals surface area contributed by atoms with Gasteiger partial charge in [0, 0.05) is 6.04 Å². The maximum Gasteiger partial charge on any atom is 0.237 e. The molecule has 1 aromatic carbocycles. The van der Waals surface area contributed by atoms with E-state index in [0.29, 0.717) is 6.42 Å². The first kappa shape index (κ1) is 14.6. The highest BCUT2D eigenvalue weighted by Crippen LogP contribution is 2.06. The van der Waals surface area contributed by atoms with E-state index < -0.39 is 6.04 Å². The standard InChI is InChI=1S/C14H21FN2O/c1-9(2)13(16)14(18)17-10(3)8-11-4-6-12(15)7-5-11/h4-7,9-10,13H,8,16H2,1-3H3,(H,17,18)/t10?,13-/m1/s1. The van der Waals surface area contributed by atoms with E-state index in [0.717, 1.165) is 5.56 Å². The Kier molecular flexibility index (Phi) is 5.28. The van der Waals surface area contributed by atoms with E-state index in [9.17, 15) is 9.18 Å². The average Bonchev–Trinajstić information content (AvgIpc) is 2.30. The molecule has 0 fully saturated rings. The van der Waals surface area contributed by atoms with Gasteiger partial charge in [-0.15, -0.1) is 0 Å². The number of hydrogen-bond donors (Lipinski definition) is 2. The van der Waals surface area contributed by atoms with Crippen LogP contribution in [0.1, 0.15) is 26.3 Å². The van der Waals surface area contributed by atoms with Gasteiger partial charge < -0.3 is 11.1 Å². The maximum absolute atomic E-state index is 12.7. The summed E-state index contributed by atoms with van der Waals surface area (Å²) in [7, 11) is 0. The number of hydrogen-bond acceptors (Lipinski definition) is 2. The van der Waals surface area contributed by atoms with Crippen LogP contribution in [0.15, 0.2) is 24.3 Å². The fourth-order valence-corrected chi connectivity index (χ4v) is 1.67. The summed E-state index contributed by atoms with van der Waals surface area (Å²) in [5.41, 5.74) is 6.75. The maximum atomic E-state index is 12.7. The largest absolute Gasteiger partial charge is 0.352 e. The third-order valence-electron chi connectivity index (χ3n) is 2.86. The van der Waals surface area contributed by atoms with Crippen molar-refractivity contribution in [3.63, 3.8) is 0 Å². The molecule has 0 aliphatic heterocycles. The third-order valence-corrected chi connectivity index (χ3v) is 2.86. The summed E-state index contributed by atoms with van der Waals surface area (Å²) in [6.07, 6.45) is 0.664. The summed E-state index contributed by atoms with van der Waals surface area (Å²) in [4.78, 5) is 11.7. The fraction of sp³-hybridized carbons (Fsp3) is 0.500. The van der Waals surface area contributed by atoms with Gasteiger partial charge in [-0.05, 0) is 37.0 Å². The minimum Gasteiger partial charge on any atom is -0.352 e. The molecule has 100 valence electrons. The number of nitrogens with two attached hydrogens (primary N) is 1. The SMILES string of the molecule is CC(Cc1ccc(F)cc1)NC(=O)[C@H](N)C(C)C. The predicted molar refractivity (Wildman–Crippen MR) is 70.5 cm³/mol. The van der Waals surface area contributed by atoms with Crippen molar-refractivity contribution in [1.82, 2.24) is 5.32 Å². The van der Waals surface area contributed by atoms with Crippen LogP contribution in [0.3, 0.4) is 0 Å². The van der Waals surface area contributed by atoms with Gasteiger partial charge in [0.25, 0.3) is 0 Å². The number of nitrogens with one attached hydrogen (secondary N) is 1. The highest BCUT2D eigenvalue weighted by atomic mass is 19.1. The van der Waals surface area contributed by atoms with E-state index in [4.69, 9.17) is 5.73 Å². The van der Waals surface area contributed by atoms with Crippen LogP contribution in [-0.2, 0) is 11.2 Å². The molecular weight excluding hydrogens is 231 g/mol. The number of carbonyl (C=O) groups is 1. The van der Waals surface area contributed by atoms with Gasteiger partial charge in [-0.3, -0.25) is 4.79 Å². The Balaban J connectivity index is 2.49. The van der Waals surface area contributed by atoms with Gasteiger partial charge >= 0.3 is 0 Å². The lowest BCUT2D eigenvalue weighted by Gasteiger charge is -2.19. The molecule has 1 aromatic rings. The van der Waals surface area contributed by atoms with Crippen molar-refractivity contribution in [2.45, 2.75) is 39.3 Å². The normalized spacial score (nSPS) is 14.3. The molecule has 0 aliphatic carbocycles. The van der Waals surface area contributed by atoms with Gasteiger partial charge in [0.05, 0.1) is 6.04 Å². The summed E-state index contributed by atoms with van der Waals surface area (Å²) in [5, 5.41) is 2.87. The second kappa shape index (κ2) is 6.50. The van der Waals surface area contributed by atoms with Crippen molar-refractivity contribution in [3.05, 3.63) is 35.6 Å². The molecule has 0 radical (unpaired) electrons. The summed E-state index contributed by atoms with van der Waals surface area (Å²) in [6, 6.07) is 5.78. The smallest absolute Gasteiger partial charge is 0.237 e. The zero-order valence-electron chi connectivity index (χ0n) is 11.1. The second-order valence-electron chi connectivity index (χ2n) is 5.01. The molecule has 0 saturated carbocycles. The van der Waals surface area contributed by atoms with Crippen LogP contribution in [0.25, 0.3) is 0 Å². The highest BCUT2D eigenvalue weighted by molar-refractivity contribution is 5.81. The Morgan fingerprint density at radius 1 is 1.28 bits per heavy atom. The Bertz CT molecular complexity index is 389. The number of amides is 1. The minimum absolute atomic E-state index is 0.0206. The third kappa shape index (κ3) is 4.45. The average molecular weight is 252 g/mol. The molecular formula is C14H21FN2O. The minimum atomic E-state index is -0.485. The predicted octanol–water partition coefficient (Wildman–Crippen LogP) is 1.86. The summed E-state index contributed by atoms with van der Waals surface area (Å²) >= 11 is 0. The van der Waals surface area contributed by atoms with Gasteiger partial charge in [-0.1, -0.05) is 26.0 Å². The molecule has 0 bridgehead atoms. The van der Waals surface area contributed by atoms with Gasteiger partial charge in [-0.25, -0.2) is 4.39 Å². The van der Waals surface area contributed by atoms with Crippen molar-refractivity contribution in [2.75, 3.05) is 0 Å². The molecule has 1 unspecified atom stereocenters. The number of rotatable bonds is 5. The van der Waals surface area contributed by atoms with Crippen molar-refractivity contribution in [3.8, 4) is 0 Å². The zero-order chi connectivity index (χ0) is 13.7. The van der Waals surface area contributed by atoms with E-state index >= 15 is 0 Å². The van der Waals surface area contributed by atoms with Crippen molar-refractivity contribution < 1.29 is 9.18 Å². The van der Waals surface area contributed by atoms with E-state index in [2.05, 4.69) is 5.32 Å². The Morgan fingerprint density at radius 2 is 1.83 bits per heavy atom. The second-order valence-corrected chi connectivity index (χ2v) is 5.01. The van der Waals surface area contributed by atoms with Gasteiger partial charge in [-0.2, -0.15) is 0 Å². The summed E-state index contributed by atoms with van der Waals surface area (Å²) in [6.45, 7) is 5.73. The molecule has 18 heavy (non-hydrogen) atoms.